The third-order valence-electron chi connectivity index (χ3n) is 1.12. The van der Waals surface area contributed by atoms with Crippen LogP contribution in [-0.2, 0) is 6.18 Å². The Morgan fingerprint density at radius 1 is 1.00 bits per heavy atom. The third-order valence-corrected chi connectivity index (χ3v) is 1.12. The molecule has 72 valence electrons. The lowest BCUT2D eigenvalue weighted by Crippen LogP contribution is -2.15. The Bertz CT molecular complexity index is 310. The van der Waals surface area contributed by atoms with Crippen LogP contribution in [-0.4, -0.2) is 9.97 Å². The molecular formula is C5H2F5N3. The molecule has 0 unspecified atom stereocenters. The zero-order valence-electron chi connectivity index (χ0n) is 5.86. The molecule has 1 rings (SSSR count). The fraction of sp³-hybridized carbons (Fsp3) is 0.200. The average molecular weight is 199 g/mol. The first-order valence-corrected chi connectivity index (χ1v) is 2.88. The summed E-state index contributed by atoms with van der Waals surface area (Å²) in [4.78, 5) is 5.08. The van der Waals surface area contributed by atoms with Crippen molar-refractivity contribution < 1.29 is 22.0 Å². The van der Waals surface area contributed by atoms with Gasteiger partial charge in [0.15, 0.2) is 5.56 Å². The van der Waals surface area contributed by atoms with Crippen LogP contribution in [0.25, 0.3) is 0 Å². The van der Waals surface area contributed by atoms with Gasteiger partial charge >= 0.3 is 6.18 Å². The summed E-state index contributed by atoms with van der Waals surface area (Å²) >= 11 is 0. The number of nitrogens with zero attached hydrogens (tertiary/aromatic N) is 2. The first-order valence-electron chi connectivity index (χ1n) is 2.88. The van der Waals surface area contributed by atoms with Crippen LogP contribution in [0.3, 0.4) is 0 Å². The summed E-state index contributed by atoms with van der Waals surface area (Å²) in [6, 6.07) is 0. The van der Waals surface area contributed by atoms with E-state index in [0.717, 1.165) is 0 Å². The number of halogens is 5. The lowest BCUT2D eigenvalue weighted by atomic mass is 10.3. The molecule has 0 amide bonds. The van der Waals surface area contributed by atoms with E-state index in [1.165, 1.54) is 0 Å². The van der Waals surface area contributed by atoms with Gasteiger partial charge in [0.1, 0.15) is 0 Å². The van der Waals surface area contributed by atoms with E-state index in [1.54, 1.807) is 0 Å². The Kier molecular flexibility index (Phi) is 2.06. The summed E-state index contributed by atoms with van der Waals surface area (Å²) in [7, 11) is 0. The van der Waals surface area contributed by atoms with E-state index in [4.69, 9.17) is 5.73 Å². The maximum atomic E-state index is 12.4. The van der Waals surface area contributed by atoms with Crippen LogP contribution in [0.1, 0.15) is 5.56 Å². The molecule has 0 saturated heterocycles. The average Bonchev–Trinajstić information content (AvgIpc) is 1.78. The molecule has 0 radical (unpaired) electrons. The normalized spacial score (nSPS) is 11.8. The van der Waals surface area contributed by atoms with Gasteiger partial charge in [-0.3, -0.25) is 0 Å². The molecule has 13 heavy (non-hydrogen) atoms. The van der Waals surface area contributed by atoms with Crippen LogP contribution in [0, 0.1) is 11.9 Å². The van der Waals surface area contributed by atoms with Gasteiger partial charge in [-0.2, -0.15) is 31.9 Å². The molecule has 0 aliphatic rings. The molecule has 1 heterocycles. The van der Waals surface area contributed by atoms with E-state index in [0.29, 0.717) is 0 Å². The second kappa shape index (κ2) is 2.79. The summed E-state index contributed by atoms with van der Waals surface area (Å²) in [5, 5.41) is 0. The zero-order chi connectivity index (χ0) is 10.2. The first-order chi connectivity index (χ1) is 5.82. The van der Waals surface area contributed by atoms with Gasteiger partial charge in [0.05, 0.1) is 0 Å². The Morgan fingerprint density at radius 3 is 1.69 bits per heavy atom. The van der Waals surface area contributed by atoms with Crippen molar-refractivity contribution in [1.29, 1.82) is 0 Å². The second-order valence-electron chi connectivity index (χ2n) is 2.04. The predicted molar refractivity (Wildman–Crippen MR) is 31.4 cm³/mol. The second-order valence-corrected chi connectivity index (χ2v) is 2.04. The van der Waals surface area contributed by atoms with E-state index in [2.05, 4.69) is 9.97 Å². The number of rotatable bonds is 0. The molecule has 0 aliphatic heterocycles. The van der Waals surface area contributed by atoms with Crippen LogP contribution in [0.5, 0.6) is 0 Å². The molecule has 0 atom stereocenters. The maximum absolute atomic E-state index is 12.4. The highest BCUT2D eigenvalue weighted by atomic mass is 19.4. The van der Waals surface area contributed by atoms with Gasteiger partial charge in [-0.1, -0.05) is 0 Å². The lowest BCUT2D eigenvalue weighted by Gasteiger charge is -2.07. The number of nitrogen functional groups attached to an aromatic ring is 1. The zero-order valence-corrected chi connectivity index (χ0v) is 5.86. The van der Waals surface area contributed by atoms with Gasteiger partial charge < -0.3 is 5.73 Å². The first kappa shape index (κ1) is 9.62. The van der Waals surface area contributed by atoms with Crippen molar-refractivity contribution in [2.75, 3.05) is 5.73 Å². The fourth-order valence-corrected chi connectivity index (χ4v) is 0.657. The quantitative estimate of drug-likeness (QED) is 0.506. The Morgan fingerprint density at radius 2 is 1.38 bits per heavy atom. The van der Waals surface area contributed by atoms with Gasteiger partial charge in [0.2, 0.25) is 17.8 Å². The standard InChI is InChI=1S/C5H2F5N3/c6-2-1(5(8,9)10)3(7)13-4(11)12-2/h(H2,11,12,13). The minimum absolute atomic E-state index is 0.886. The Hall–Kier alpha value is -1.47. The van der Waals surface area contributed by atoms with Crippen molar-refractivity contribution in [1.82, 2.24) is 9.97 Å². The van der Waals surface area contributed by atoms with E-state index < -0.39 is 29.6 Å². The summed E-state index contributed by atoms with van der Waals surface area (Å²) in [5.74, 6) is -4.92. The van der Waals surface area contributed by atoms with Gasteiger partial charge in [-0.25, -0.2) is 0 Å². The number of hydrogen-bond acceptors (Lipinski definition) is 3. The molecule has 0 saturated carbocycles. The van der Waals surface area contributed by atoms with E-state index in [9.17, 15) is 22.0 Å². The van der Waals surface area contributed by atoms with E-state index in [1.807, 2.05) is 0 Å². The fourth-order valence-electron chi connectivity index (χ4n) is 0.657. The third kappa shape index (κ3) is 1.82. The van der Waals surface area contributed by atoms with E-state index in [-0.39, 0.29) is 0 Å². The molecule has 3 nitrogen and oxygen atoms in total. The molecule has 0 aliphatic carbocycles. The molecule has 0 fully saturated rings. The molecule has 0 bridgehead atoms. The minimum Gasteiger partial charge on any atom is -0.368 e. The number of alkyl halides is 3. The van der Waals surface area contributed by atoms with Crippen LogP contribution < -0.4 is 5.73 Å². The van der Waals surface area contributed by atoms with Crippen LogP contribution in [0.15, 0.2) is 0 Å². The maximum Gasteiger partial charge on any atom is 0.425 e. The van der Waals surface area contributed by atoms with Crippen molar-refractivity contribution in [3.8, 4) is 0 Å². The lowest BCUT2D eigenvalue weighted by molar-refractivity contribution is -0.143. The SMILES string of the molecule is Nc1nc(F)c(C(F)(F)F)c(F)n1. The summed E-state index contributed by atoms with van der Waals surface area (Å²) < 4.78 is 60.4. The van der Waals surface area contributed by atoms with Gasteiger partial charge in [0, 0.05) is 0 Å². The highest BCUT2D eigenvalue weighted by Gasteiger charge is 2.39. The molecule has 0 spiro atoms. The smallest absolute Gasteiger partial charge is 0.368 e. The molecule has 1 aromatic rings. The van der Waals surface area contributed by atoms with E-state index >= 15 is 0 Å². The number of hydrogen-bond donors (Lipinski definition) is 1. The van der Waals surface area contributed by atoms with Gasteiger partial charge in [-0.05, 0) is 0 Å². The Balaban J connectivity index is 3.38. The van der Waals surface area contributed by atoms with Crippen molar-refractivity contribution in [2.24, 2.45) is 0 Å². The summed E-state index contributed by atoms with van der Waals surface area (Å²) in [5.41, 5.74) is 2.56. The number of anilines is 1. The summed E-state index contributed by atoms with van der Waals surface area (Å²) in [6.07, 6.45) is -5.16. The van der Waals surface area contributed by atoms with Crippen molar-refractivity contribution >= 4 is 5.95 Å². The number of aromatic nitrogens is 2. The van der Waals surface area contributed by atoms with Crippen molar-refractivity contribution in [2.45, 2.75) is 6.18 Å². The van der Waals surface area contributed by atoms with Crippen molar-refractivity contribution in [3.63, 3.8) is 0 Å². The van der Waals surface area contributed by atoms with Crippen LogP contribution in [0.4, 0.5) is 27.9 Å². The molecule has 0 aromatic carbocycles. The Labute approximate surface area is 68.4 Å². The minimum atomic E-state index is -5.16. The van der Waals surface area contributed by atoms with Crippen LogP contribution in [0.2, 0.25) is 0 Å². The topological polar surface area (TPSA) is 51.8 Å². The molecule has 2 N–H and O–H groups in total. The van der Waals surface area contributed by atoms with Gasteiger partial charge in [0.25, 0.3) is 0 Å². The molecule has 8 heteroatoms. The largest absolute Gasteiger partial charge is 0.425 e. The van der Waals surface area contributed by atoms with Gasteiger partial charge in [-0.15, -0.1) is 0 Å². The van der Waals surface area contributed by atoms with Crippen molar-refractivity contribution in [3.05, 3.63) is 17.5 Å². The highest BCUT2D eigenvalue weighted by Crippen LogP contribution is 2.32. The monoisotopic (exact) mass is 199 g/mol. The van der Waals surface area contributed by atoms with Crippen LogP contribution >= 0.6 is 0 Å². The summed E-state index contributed by atoms with van der Waals surface area (Å²) in [6.45, 7) is 0. The highest BCUT2D eigenvalue weighted by molar-refractivity contribution is 5.22. The predicted octanol–water partition coefficient (Wildman–Crippen LogP) is 1.36. The molecule has 1 aromatic heterocycles. The molecular weight excluding hydrogens is 197 g/mol. The number of nitrogens with two attached hydrogens (primary N) is 1.